The number of esters is 2. The zero-order valence-electron chi connectivity index (χ0n) is 26.9. The lowest BCUT2D eigenvalue weighted by atomic mass is 10.1. The number of unbranched alkanes of at least 4 members (excludes halogenated alkanes) is 18. The number of ether oxygens (including phenoxy) is 2. The van der Waals surface area contributed by atoms with Gasteiger partial charge in [-0.1, -0.05) is 115 Å². The SMILES string of the molecule is CCCCCC/C=C\CCCCCCCC(=O)OC(O)(OC(=O)CCCCCCC/C=C\CCCCCC)C(C)O. The highest BCUT2D eigenvalue weighted by Crippen LogP contribution is 2.19. The first kappa shape index (κ1) is 39.3. The highest BCUT2D eigenvalue weighted by Gasteiger charge is 2.42. The van der Waals surface area contributed by atoms with E-state index in [1.54, 1.807) is 0 Å². The fourth-order valence-electron chi connectivity index (χ4n) is 4.59. The highest BCUT2D eigenvalue weighted by atomic mass is 16.8. The molecule has 240 valence electrons. The number of hydrogen-bond donors (Lipinski definition) is 2. The quantitative estimate of drug-likeness (QED) is 0.0396. The minimum absolute atomic E-state index is 0.109. The minimum atomic E-state index is -2.64. The lowest BCUT2D eigenvalue weighted by molar-refractivity contribution is -0.358. The third-order valence-corrected chi connectivity index (χ3v) is 7.33. The molecular weight excluding hydrogens is 516 g/mol. The Morgan fingerprint density at radius 1 is 0.561 bits per heavy atom. The number of hydrogen-bond acceptors (Lipinski definition) is 6. The van der Waals surface area contributed by atoms with E-state index in [9.17, 15) is 19.8 Å². The van der Waals surface area contributed by atoms with Crippen LogP contribution in [0, 0.1) is 0 Å². The fourth-order valence-corrected chi connectivity index (χ4v) is 4.59. The second-order valence-corrected chi connectivity index (χ2v) is 11.5. The van der Waals surface area contributed by atoms with Crippen LogP contribution in [-0.2, 0) is 19.1 Å². The number of aliphatic hydroxyl groups is 2. The number of carbonyl (C=O) groups excluding carboxylic acids is 2. The minimum Gasteiger partial charge on any atom is -0.396 e. The topological polar surface area (TPSA) is 93.1 Å². The smallest absolute Gasteiger partial charge is 0.396 e. The van der Waals surface area contributed by atoms with Crippen LogP contribution in [0.4, 0.5) is 0 Å². The predicted molar refractivity (Wildman–Crippen MR) is 169 cm³/mol. The molecule has 1 unspecified atom stereocenters. The van der Waals surface area contributed by atoms with Gasteiger partial charge in [-0.25, -0.2) is 0 Å². The largest absolute Gasteiger partial charge is 0.400 e. The van der Waals surface area contributed by atoms with E-state index in [4.69, 9.17) is 9.47 Å². The van der Waals surface area contributed by atoms with Gasteiger partial charge in [0.25, 0.3) is 0 Å². The van der Waals surface area contributed by atoms with E-state index in [1.165, 1.54) is 71.1 Å². The molecule has 0 aromatic heterocycles. The molecule has 0 aliphatic carbocycles. The third kappa shape index (κ3) is 25.8. The van der Waals surface area contributed by atoms with Gasteiger partial charge in [-0.3, -0.25) is 9.59 Å². The summed E-state index contributed by atoms with van der Waals surface area (Å²) in [6.07, 6.45) is 32.3. The molecule has 0 aliphatic heterocycles. The van der Waals surface area contributed by atoms with Crippen molar-refractivity contribution in [1.82, 2.24) is 0 Å². The van der Waals surface area contributed by atoms with Crippen LogP contribution in [0.15, 0.2) is 24.3 Å². The second-order valence-electron chi connectivity index (χ2n) is 11.5. The maximum Gasteiger partial charge on any atom is 0.400 e. The summed E-state index contributed by atoms with van der Waals surface area (Å²) in [7, 11) is 0. The molecule has 0 bridgehead atoms. The van der Waals surface area contributed by atoms with Crippen molar-refractivity contribution < 1.29 is 29.3 Å². The first-order valence-corrected chi connectivity index (χ1v) is 17.0. The van der Waals surface area contributed by atoms with Crippen molar-refractivity contribution in [3.63, 3.8) is 0 Å². The summed E-state index contributed by atoms with van der Waals surface area (Å²) in [6, 6.07) is 0. The summed E-state index contributed by atoms with van der Waals surface area (Å²) in [5.41, 5.74) is 0. The predicted octanol–water partition coefficient (Wildman–Crippen LogP) is 9.61. The molecule has 6 heteroatoms. The normalized spacial score (nSPS) is 12.8. The van der Waals surface area contributed by atoms with Gasteiger partial charge in [0.05, 0.1) is 0 Å². The van der Waals surface area contributed by atoms with E-state index < -0.39 is 24.0 Å². The van der Waals surface area contributed by atoms with Gasteiger partial charge in [0.15, 0.2) is 6.10 Å². The molecule has 0 heterocycles. The van der Waals surface area contributed by atoms with E-state index in [1.807, 2.05) is 0 Å². The van der Waals surface area contributed by atoms with Crippen LogP contribution in [0.3, 0.4) is 0 Å². The standard InChI is InChI=1S/C35H64O6/c1-4-6-8-10-12-14-16-18-20-22-24-26-28-30-33(37)40-35(39,32(3)36)41-34(38)31-29-27-25-23-21-19-17-15-13-11-9-7-5-2/h14-17,32,36,39H,4-13,18-31H2,1-3H3/b16-14-,17-15-. The fraction of sp³-hybridized carbons (Fsp3) is 0.829. The first-order valence-electron chi connectivity index (χ1n) is 17.0. The zero-order valence-corrected chi connectivity index (χ0v) is 26.9. The molecular formula is C35H64O6. The van der Waals surface area contributed by atoms with E-state index in [0.717, 1.165) is 64.2 Å². The zero-order chi connectivity index (χ0) is 30.4. The highest BCUT2D eigenvalue weighted by molar-refractivity contribution is 5.71. The number of rotatable bonds is 29. The molecule has 0 spiro atoms. The Hall–Kier alpha value is -1.66. The molecule has 0 fully saturated rings. The number of allylic oxidation sites excluding steroid dienone is 4. The van der Waals surface area contributed by atoms with Crippen LogP contribution in [0.25, 0.3) is 0 Å². The van der Waals surface area contributed by atoms with Crippen molar-refractivity contribution in [3.8, 4) is 0 Å². The van der Waals surface area contributed by atoms with E-state index in [0.29, 0.717) is 12.8 Å². The molecule has 6 nitrogen and oxygen atoms in total. The Morgan fingerprint density at radius 3 is 1.17 bits per heavy atom. The van der Waals surface area contributed by atoms with Crippen LogP contribution in [0.1, 0.15) is 175 Å². The van der Waals surface area contributed by atoms with Crippen LogP contribution < -0.4 is 0 Å². The molecule has 0 saturated carbocycles. The Labute approximate surface area is 252 Å². The molecule has 1 atom stereocenters. The van der Waals surface area contributed by atoms with E-state index >= 15 is 0 Å². The Kier molecular flexibility index (Phi) is 27.3. The van der Waals surface area contributed by atoms with Crippen LogP contribution in [0.2, 0.25) is 0 Å². The molecule has 41 heavy (non-hydrogen) atoms. The summed E-state index contributed by atoms with van der Waals surface area (Å²) in [5.74, 6) is -4.00. The molecule has 0 aromatic carbocycles. The van der Waals surface area contributed by atoms with Crippen LogP contribution in [-0.4, -0.2) is 34.2 Å². The van der Waals surface area contributed by atoms with Gasteiger partial charge >= 0.3 is 17.9 Å². The van der Waals surface area contributed by atoms with Gasteiger partial charge in [0.2, 0.25) is 0 Å². The van der Waals surface area contributed by atoms with Crippen molar-refractivity contribution in [3.05, 3.63) is 24.3 Å². The molecule has 0 amide bonds. The Morgan fingerprint density at radius 2 is 0.854 bits per heavy atom. The van der Waals surface area contributed by atoms with Gasteiger partial charge in [0, 0.05) is 12.8 Å². The van der Waals surface area contributed by atoms with Crippen molar-refractivity contribution in [1.29, 1.82) is 0 Å². The van der Waals surface area contributed by atoms with Gasteiger partial charge in [-0.15, -0.1) is 0 Å². The lowest BCUT2D eigenvalue weighted by Crippen LogP contribution is -2.48. The monoisotopic (exact) mass is 580 g/mol. The second kappa shape index (κ2) is 28.5. The van der Waals surface area contributed by atoms with Crippen molar-refractivity contribution in [2.24, 2.45) is 0 Å². The molecule has 0 aromatic rings. The number of carbonyl (C=O) groups is 2. The molecule has 0 saturated heterocycles. The van der Waals surface area contributed by atoms with E-state index in [-0.39, 0.29) is 12.8 Å². The van der Waals surface area contributed by atoms with E-state index in [2.05, 4.69) is 38.2 Å². The van der Waals surface area contributed by atoms with Crippen molar-refractivity contribution in [2.45, 2.75) is 187 Å². The molecule has 0 aliphatic rings. The average molecular weight is 581 g/mol. The van der Waals surface area contributed by atoms with Gasteiger partial charge < -0.3 is 19.7 Å². The van der Waals surface area contributed by atoms with Crippen LogP contribution in [0.5, 0.6) is 0 Å². The number of aliphatic hydroxyl groups excluding tert-OH is 1. The maximum absolute atomic E-state index is 12.2. The summed E-state index contributed by atoms with van der Waals surface area (Å²) < 4.78 is 10.0. The molecule has 2 N–H and O–H groups in total. The van der Waals surface area contributed by atoms with Crippen LogP contribution >= 0.6 is 0 Å². The summed E-state index contributed by atoms with van der Waals surface area (Å²) >= 11 is 0. The summed E-state index contributed by atoms with van der Waals surface area (Å²) in [5, 5.41) is 20.4. The van der Waals surface area contributed by atoms with Gasteiger partial charge in [-0.05, 0) is 71.1 Å². The lowest BCUT2D eigenvalue weighted by Gasteiger charge is -2.29. The van der Waals surface area contributed by atoms with Crippen molar-refractivity contribution >= 4 is 11.9 Å². The third-order valence-electron chi connectivity index (χ3n) is 7.33. The summed E-state index contributed by atoms with van der Waals surface area (Å²) in [6.45, 7) is 5.69. The average Bonchev–Trinajstić information content (AvgIpc) is 2.93. The van der Waals surface area contributed by atoms with Gasteiger partial charge in [-0.2, -0.15) is 0 Å². The molecule has 0 rings (SSSR count). The van der Waals surface area contributed by atoms with Gasteiger partial charge in [0.1, 0.15) is 0 Å². The Bertz CT molecular complexity index is 620. The van der Waals surface area contributed by atoms with Crippen molar-refractivity contribution in [2.75, 3.05) is 0 Å². The molecule has 0 radical (unpaired) electrons. The summed E-state index contributed by atoms with van der Waals surface area (Å²) in [4.78, 5) is 24.5. The first-order chi connectivity index (χ1) is 19.9. The maximum atomic E-state index is 12.2. The Balaban J connectivity index is 3.91.